The van der Waals surface area contributed by atoms with Crippen molar-refractivity contribution in [2.45, 2.75) is 25.0 Å². The van der Waals surface area contributed by atoms with E-state index in [1.807, 2.05) is 25.2 Å². The van der Waals surface area contributed by atoms with E-state index < -0.39 is 5.60 Å². The minimum atomic E-state index is -0.654. The number of benzene rings is 1. The summed E-state index contributed by atoms with van der Waals surface area (Å²) in [6.45, 7) is 2.58. The lowest BCUT2D eigenvalue weighted by molar-refractivity contribution is -0.0777. The molecule has 0 bridgehead atoms. The molecule has 1 aliphatic rings. The topological polar surface area (TPSA) is 51.2 Å². The molecule has 0 aliphatic carbocycles. The maximum Gasteiger partial charge on any atom is 0.123 e. The first-order chi connectivity index (χ1) is 10.1. The third-order valence-electron chi connectivity index (χ3n) is 3.92. The fourth-order valence-electron chi connectivity index (χ4n) is 2.76. The Bertz CT molecular complexity index is 458. The first kappa shape index (κ1) is 16.1. The maximum absolute atomic E-state index is 10.6. The zero-order valence-corrected chi connectivity index (χ0v) is 13.1. The molecule has 0 atom stereocenters. The summed E-state index contributed by atoms with van der Waals surface area (Å²) in [4.78, 5) is 2.11. The van der Waals surface area contributed by atoms with E-state index in [1.165, 1.54) is 0 Å². The van der Waals surface area contributed by atoms with Gasteiger partial charge in [0.1, 0.15) is 11.5 Å². The molecule has 1 heterocycles. The van der Waals surface area contributed by atoms with Crippen molar-refractivity contribution >= 4 is 0 Å². The average molecular weight is 295 g/mol. The summed E-state index contributed by atoms with van der Waals surface area (Å²) in [5.41, 5.74) is 0.397. The molecule has 2 rings (SSSR count). The molecule has 5 nitrogen and oxygen atoms in total. The van der Waals surface area contributed by atoms with Gasteiger partial charge in [0.2, 0.25) is 0 Å². The number of methoxy groups -OCH3 is 2. The van der Waals surface area contributed by atoms with Crippen LogP contribution in [0.15, 0.2) is 18.2 Å². The Kier molecular flexibility index (Phi) is 5.45. The SMILES string of the molecule is COc1ccc(OC)c(CN(C)CC2(O)CCOCC2)c1. The molecule has 21 heavy (non-hydrogen) atoms. The fourth-order valence-corrected chi connectivity index (χ4v) is 2.76. The van der Waals surface area contributed by atoms with Gasteiger partial charge >= 0.3 is 0 Å². The van der Waals surface area contributed by atoms with Crippen LogP contribution >= 0.6 is 0 Å². The fraction of sp³-hybridized carbons (Fsp3) is 0.625. The Labute approximate surface area is 126 Å². The average Bonchev–Trinajstić information content (AvgIpc) is 2.47. The van der Waals surface area contributed by atoms with Crippen molar-refractivity contribution in [3.63, 3.8) is 0 Å². The van der Waals surface area contributed by atoms with Crippen LogP contribution in [0.2, 0.25) is 0 Å². The van der Waals surface area contributed by atoms with E-state index >= 15 is 0 Å². The molecule has 0 spiro atoms. The lowest BCUT2D eigenvalue weighted by Crippen LogP contribution is -2.45. The molecule has 1 saturated heterocycles. The van der Waals surface area contributed by atoms with E-state index in [1.54, 1.807) is 14.2 Å². The highest BCUT2D eigenvalue weighted by atomic mass is 16.5. The summed E-state index contributed by atoms with van der Waals surface area (Å²) in [6, 6.07) is 5.77. The summed E-state index contributed by atoms with van der Waals surface area (Å²) < 4.78 is 16.0. The number of likely N-dealkylation sites (N-methyl/N-ethyl adjacent to an activating group) is 1. The van der Waals surface area contributed by atoms with E-state index in [0.717, 1.165) is 17.1 Å². The molecule has 0 unspecified atom stereocenters. The van der Waals surface area contributed by atoms with Crippen LogP contribution in [0.5, 0.6) is 11.5 Å². The smallest absolute Gasteiger partial charge is 0.123 e. The first-order valence-corrected chi connectivity index (χ1v) is 7.26. The molecule has 1 fully saturated rings. The molecular formula is C16H25NO4. The van der Waals surface area contributed by atoms with Crippen molar-refractivity contribution in [3.8, 4) is 11.5 Å². The highest BCUT2D eigenvalue weighted by Crippen LogP contribution is 2.27. The van der Waals surface area contributed by atoms with Crippen LogP contribution in [0.3, 0.4) is 0 Å². The highest BCUT2D eigenvalue weighted by Gasteiger charge is 2.31. The van der Waals surface area contributed by atoms with Crippen molar-refractivity contribution in [1.29, 1.82) is 0 Å². The molecule has 118 valence electrons. The summed E-state index contributed by atoms with van der Waals surface area (Å²) in [7, 11) is 5.32. The third-order valence-corrected chi connectivity index (χ3v) is 3.92. The lowest BCUT2D eigenvalue weighted by Gasteiger charge is -2.35. The van der Waals surface area contributed by atoms with Crippen LogP contribution in [0.4, 0.5) is 0 Å². The predicted molar refractivity (Wildman–Crippen MR) is 80.9 cm³/mol. The molecule has 0 aromatic heterocycles. The molecule has 1 N–H and O–H groups in total. The molecule has 1 aliphatic heterocycles. The van der Waals surface area contributed by atoms with Gasteiger partial charge in [-0.1, -0.05) is 0 Å². The van der Waals surface area contributed by atoms with Gasteiger partial charge in [0.25, 0.3) is 0 Å². The Morgan fingerprint density at radius 1 is 1.24 bits per heavy atom. The van der Waals surface area contributed by atoms with Crippen LogP contribution < -0.4 is 9.47 Å². The van der Waals surface area contributed by atoms with Gasteiger partial charge in [-0.2, -0.15) is 0 Å². The molecule has 0 amide bonds. The summed E-state index contributed by atoms with van der Waals surface area (Å²) in [5.74, 6) is 1.64. The van der Waals surface area contributed by atoms with Gasteiger partial charge in [-0.3, -0.25) is 4.90 Å². The van der Waals surface area contributed by atoms with Crippen LogP contribution in [-0.2, 0) is 11.3 Å². The number of hydrogen-bond donors (Lipinski definition) is 1. The lowest BCUT2D eigenvalue weighted by atomic mass is 9.94. The van der Waals surface area contributed by atoms with Crippen LogP contribution in [0.25, 0.3) is 0 Å². The highest BCUT2D eigenvalue weighted by molar-refractivity contribution is 5.40. The number of aliphatic hydroxyl groups is 1. The molecule has 1 aromatic rings. The van der Waals surface area contributed by atoms with Crippen molar-refractivity contribution in [2.75, 3.05) is 41.0 Å². The van der Waals surface area contributed by atoms with E-state index in [4.69, 9.17) is 14.2 Å². The van der Waals surface area contributed by atoms with Crippen LogP contribution in [0.1, 0.15) is 18.4 Å². The molecule has 0 radical (unpaired) electrons. The van der Waals surface area contributed by atoms with Crippen molar-refractivity contribution in [2.24, 2.45) is 0 Å². The van der Waals surface area contributed by atoms with Gasteiger partial charge in [-0.05, 0) is 25.2 Å². The zero-order chi connectivity index (χ0) is 15.3. The van der Waals surface area contributed by atoms with Gasteiger partial charge in [-0.25, -0.2) is 0 Å². The van der Waals surface area contributed by atoms with E-state index in [0.29, 0.717) is 39.1 Å². The Morgan fingerprint density at radius 3 is 2.57 bits per heavy atom. The normalized spacial score (nSPS) is 17.8. The first-order valence-electron chi connectivity index (χ1n) is 7.26. The van der Waals surface area contributed by atoms with Gasteiger partial charge in [-0.15, -0.1) is 0 Å². The van der Waals surface area contributed by atoms with Crippen molar-refractivity contribution < 1.29 is 19.3 Å². The van der Waals surface area contributed by atoms with Crippen LogP contribution in [0, 0.1) is 0 Å². The number of hydrogen-bond acceptors (Lipinski definition) is 5. The quantitative estimate of drug-likeness (QED) is 0.865. The Balaban J connectivity index is 2.02. The second-order valence-electron chi connectivity index (χ2n) is 5.69. The summed E-state index contributed by atoms with van der Waals surface area (Å²) in [5, 5.41) is 10.6. The van der Waals surface area contributed by atoms with Crippen LogP contribution in [-0.4, -0.2) is 56.6 Å². The van der Waals surface area contributed by atoms with Crippen molar-refractivity contribution in [1.82, 2.24) is 4.90 Å². The predicted octanol–water partition coefficient (Wildman–Crippen LogP) is 1.68. The number of rotatable bonds is 6. The Hall–Kier alpha value is -1.30. The standard InChI is InChI=1S/C16H25NO4/c1-17(12-16(18)6-8-21-9-7-16)11-13-10-14(19-2)4-5-15(13)20-3/h4-5,10,18H,6-9,11-12H2,1-3H3. The second-order valence-corrected chi connectivity index (χ2v) is 5.69. The summed E-state index contributed by atoms with van der Waals surface area (Å²) in [6.07, 6.45) is 1.37. The zero-order valence-electron chi connectivity index (χ0n) is 13.1. The number of nitrogens with zero attached hydrogens (tertiary/aromatic N) is 1. The minimum Gasteiger partial charge on any atom is -0.497 e. The van der Waals surface area contributed by atoms with E-state index in [2.05, 4.69) is 4.90 Å². The second kappa shape index (κ2) is 7.11. The van der Waals surface area contributed by atoms with Gasteiger partial charge in [0.05, 0.1) is 19.8 Å². The molecule has 5 heteroatoms. The maximum atomic E-state index is 10.6. The van der Waals surface area contributed by atoms with Gasteiger partial charge < -0.3 is 19.3 Å². The molecular weight excluding hydrogens is 270 g/mol. The Morgan fingerprint density at radius 2 is 1.95 bits per heavy atom. The third kappa shape index (κ3) is 4.33. The minimum absolute atomic E-state index is 0.622. The van der Waals surface area contributed by atoms with E-state index in [-0.39, 0.29) is 0 Å². The summed E-state index contributed by atoms with van der Waals surface area (Å²) >= 11 is 0. The van der Waals surface area contributed by atoms with E-state index in [9.17, 15) is 5.11 Å². The number of ether oxygens (including phenoxy) is 3. The largest absolute Gasteiger partial charge is 0.497 e. The van der Waals surface area contributed by atoms with Gasteiger partial charge in [0.15, 0.2) is 0 Å². The molecule has 1 aromatic carbocycles. The monoisotopic (exact) mass is 295 g/mol. The molecule has 0 saturated carbocycles. The van der Waals surface area contributed by atoms with Gasteiger partial charge in [0, 0.05) is 44.7 Å². The van der Waals surface area contributed by atoms with Crippen molar-refractivity contribution in [3.05, 3.63) is 23.8 Å².